The van der Waals surface area contributed by atoms with Gasteiger partial charge in [0.25, 0.3) is 0 Å². The number of allylic oxidation sites excluding steroid dienone is 5. The predicted octanol–water partition coefficient (Wildman–Crippen LogP) is 0.282. The van der Waals surface area contributed by atoms with Gasteiger partial charge in [-0.25, -0.2) is 8.78 Å². The third-order valence-electron chi connectivity index (χ3n) is 7.35. The van der Waals surface area contributed by atoms with Gasteiger partial charge in [0.1, 0.15) is 25.4 Å². The van der Waals surface area contributed by atoms with Crippen LogP contribution in [-0.4, -0.2) is 125 Å². The zero-order valence-corrected chi connectivity index (χ0v) is 25.5. The lowest BCUT2D eigenvalue weighted by atomic mass is 9.47. The van der Waals surface area contributed by atoms with Crippen molar-refractivity contribution in [1.29, 1.82) is 0 Å². The van der Waals surface area contributed by atoms with Gasteiger partial charge in [-0.05, 0) is 69.6 Å². The molecule has 1 heterocycles. The minimum atomic E-state index is -1.55. The Morgan fingerprint density at radius 2 is 1.45 bits per heavy atom. The van der Waals surface area contributed by atoms with Gasteiger partial charge in [0.15, 0.2) is 17.4 Å². The van der Waals surface area contributed by atoms with Crippen molar-refractivity contribution in [3.63, 3.8) is 0 Å². The molecule has 2 aliphatic rings. The molecule has 0 unspecified atom stereocenters. The quantitative estimate of drug-likeness (QED) is 0.0970. The summed E-state index contributed by atoms with van der Waals surface area (Å²) in [5.41, 5.74) is 0.252. The van der Waals surface area contributed by atoms with E-state index in [1.54, 1.807) is 0 Å². The van der Waals surface area contributed by atoms with Crippen molar-refractivity contribution in [2.45, 2.75) is 0 Å². The molecule has 0 saturated carbocycles. The molecule has 0 atom stereocenters. The molecule has 0 saturated heterocycles. The van der Waals surface area contributed by atoms with E-state index < -0.39 is 80.1 Å². The minimum Gasteiger partial charge on any atom is -0.505 e. The Hall–Kier alpha value is -5.59. The Morgan fingerprint density at radius 3 is 2.06 bits per heavy atom. The zero-order valence-electron chi connectivity index (χ0n) is 25.5. The Morgan fingerprint density at radius 1 is 0.816 bits per heavy atom. The topological polar surface area (TPSA) is 232 Å². The highest BCUT2D eigenvalue weighted by molar-refractivity contribution is 6.76. The molecule has 1 aliphatic carbocycles. The Labute approximate surface area is 276 Å². The first kappa shape index (κ1) is 36.3. The average molecular weight is 686 g/mol. The number of ether oxygens (including phenoxy) is 2. The summed E-state index contributed by atoms with van der Waals surface area (Å²) >= 11 is 0. The van der Waals surface area contributed by atoms with Crippen LogP contribution in [0.1, 0.15) is 11.1 Å². The lowest BCUT2D eigenvalue weighted by molar-refractivity contribution is -0.142. The number of phenolic OH excluding ortho intramolecular Hbond substituents is 1. The molecule has 0 radical (unpaired) electrons. The lowest BCUT2D eigenvalue weighted by Crippen LogP contribution is -2.40. The van der Waals surface area contributed by atoms with Gasteiger partial charge in [0, 0.05) is 6.54 Å². The fraction of sp³-hybridized carbons (Fsp3) is 0.258. The minimum absolute atomic E-state index is 0.00231. The molecule has 0 amide bonds. The number of rotatable bonds is 17. The Bertz CT molecular complexity index is 1760. The summed E-state index contributed by atoms with van der Waals surface area (Å²) in [5, 5.41) is 58.0. The van der Waals surface area contributed by atoms with Gasteiger partial charge < -0.3 is 44.9 Å². The van der Waals surface area contributed by atoms with Crippen LogP contribution in [-0.2, 0) is 28.7 Å². The summed E-state index contributed by atoms with van der Waals surface area (Å²) in [6, 6.07) is 5.92. The van der Waals surface area contributed by atoms with Crippen LogP contribution >= 0.6 is 0 Å². The van der Waals surface area contributed by atoms with Crippen molar-refractivity contribution in [2.75, 3.05) is 57.4 Å². The van der Waals surface area contributed by atoms with E-state index >= 15 is 0 Å². The van der Waals surface area contributed by atoms with Gasteiger partial charge in [-0.1, -0.05) is 6.07 Å². The zero-order chi connectivity index (χ0) is 36.0. The fourth-order valence-corrected chi connectivity index (χ4v) is 5.36. The third kappa shape index (κ3) is 8.86. The summed E-state index contributed by atoms with van der Waals surface area (Å²) in [6.45, 7) is -4.71. The van der Waals surface area contributed by atoms with Crippen LogP contribution in [0.25, 0.3) is 5.57 Å². The molecule has 0 spiro atoms. The van der Waals surface area contributed by atoms with E-state index in [4.69, 9.17) is 19.7 Å². The Balaban J connectivity index is 1.72. The third-order valence-corrected chi connectivity index (χ3v) is 7.35. The second kappa shape index (κ2) is 15.5. The molecule has 2 aromatic rings. The highest BCUT2D eigenvalue weighted by atomic mass is 19.1. The fourth-order valence-electron chi connectivity index (χ4n) is 5.36. The predicted molar refractivity (Wildman–Crippen MR) is 166 cm³/mol. The molecule has 0 aromatic heterocycles. The Kier molecular flexibility index (Phi) is 11.5. The first-order valence-corrected chi connectivity index (χ1v) is 14.4. The first-order valence-electron chi connectivity index (χ1n) is 14.4. The average Bonchev–Trinajstić information content (AvgIpc) is 3.00. The van der Waals surface area contributed by atoms with Crippen LogP contribution < -0.4 is 15.1 Å². The number of benzene rings is 2. The van der Waals surface area contributed by atoms with Crippen molar-refractivity contribution in [2.24, 2.45) is 0 Å². The maximum absolute atomic E-state index is 14.7. The van der Waals surface area contributed by atoms with E-state index in [0.29, 0.717) is 0 Å². The maximum atomic E-state index is 14.7. The number of fused-ring (bicyclic) bond motifs is 2. The number of nitrogens with zero attached hydrogens (tertiary/aromatic N) is 2. The SMILES string of the molecule is O=C(O)CN(CCOCCOc1cc(C2=C3C=C(F)C(=O)C=C3B(O)c3cc(O)c(F)cc32)ccc1N(CC(=O)O)CC(=O)O)CC(=O)O. The van der Waals surface area contributed by atoms with Crippen LogP contribution in [0.3, 0.4) is 0 Å². The van der Waals surface area contributed by atoms with Crippen molar-refractivity contribution >= 4 is 53.3 Å². The normalized spacial score (nSPS) is 13.8. The molecule has 49 heavy (non-hydrogen) atoms. The van der Waals surface area contributed by atoms with Crippen LogP contribution in [0, 0.1) is 5.82 Å². The van der Waals surface area contributed by atoms with E-state index in [0.717, 1.165) is 34.1 Å². The van der Waals surface area contributed by atoms with Crippen LogP contribution in [0.15, 0.2) is 59.4 Å². The number of aliphatic carboxylic acids is 4. The molecule has 1 aliphatic heterocycles. The van der Waals surface area contributed by atoms with Crippen LogP contribution in [0.2, 0.25) is 0 Å². The maximum Gasteiger partial charge on any atom is 0.360 e. The number of halogens is 2. The highest BCUT2D eigenvalue weighted by Gasteiger charge is 2.37. The number of phenols is 1. The number of carbonyl (C=O) groups is 5. The smallest absolute Gasteiger partial charge is 0.360 e. The highest BCUT2D eigenvalue weighted by Crippen LogP contribution is 2.41. The van der Waals surface area contributed by atoms with E-state index in [2.05, 4.69) is 0 Å². The van der Waals surface area contributed by atoms with Crippen LogP contribution in [0.5, 0.6) is 11.5 Å². The van der Waals surface area contributed by atoms with Gasteiger partial charge in [0.05, 0.1) is 32.0 Å². The van der Waals surface area contributed by atoms with Gasteiger partial charge in [0.2, 0.25) is 5.78 Å². The van der Waals surface area contributed by atoms with Crippen molar-refractivity contribution in [3.8, 4) is 11.5 Å². The summed E-state index contributed by atoms with van der Waals surface area (Å²) in [5.74, 6) is -9.38. The van der Waals surface area contributed by atoms with E-state index in [-0.39, 0.29) is 71.0 Å². The molecule has 0 fully saturated rings. The molecule has 4 rings (SSSR count). The largest absolute Gasteiger partial charge is 0.505 e. The molecular formula is C31H29BF2N2O13. The molecule has 6 N–H and O–H groups in total. The molecular weight excluding hydrogens is 657 g/mol. The first-order chi connectivity index (χ1) is 23.2. The number of carboxylic acid groups (broad SMARTS) is 4. The summed E-state index contributed by atoms with van der Waals surface area (Å²) in [7, 11) is 0. The van der Waals surface area contributed by atoms with Gasteiger partial charge in [-0.15, -0.1) is 0 Å². The number of carbonyl (C=O) groups excluding carboxylic acids is 1. The molecule has 15 nitrogen and oxygen atoms in total. The second-order valence-corrected chi connectivity index (χ2v) is 10.8. The molecule has 2 aromatic carbocycles. The van der Waals surface area contributed by atoms with Gasteiger partial charge in [-0.3, -0.25) is 28.9 Å². The van der Waals surface area contributed by atoms with Crippen LogP contribution in [0.4, 0.5) is 14.5 Å². The van der Waals surface area contributed by atoms with Crippen molar-refractivity contribution in [1.82, 2.24) is 4.90 Å². The van der Waals surface area contributed by atoms with E-state index in [1.165, 1.54) is 18.2 Å². The summed E-state index contributed by atoms with van der Waals surface area (Å²) in [6.07, 6.45) is 1.74. The number of ketones is 1. The number of carboxylic acids is 4. The summed E-state index contributed by atoms with van der Waals surface area (Å²) in [4.78, 5) is 59.6. The second-order valence-electron chi connectivity index (χ2n) is 10.8. The summed E-state index contributed by atoms with van der Waals surface area (Å²) < 4.78 is 40.7. The van der Waals surface area contributed by atoms with E-state index in [9.17, 15) is 53.1 Å². The van der Waals surface area contributed by atoms with Gasteiger partial charge in [-0.2, -0.15) is 0 Å². The lowest BCUT2D eigenvalue weighted by Gasteiger charge is -2.30. The monoisotopic (exact) mass is 686 g/mol. The molecule has 0 bridgehead atoms. The van der Waals surface area contributed by atoms with E-state index in [1.807, 2.05) is 0 Å². The van der Waals surface area contributed by atoms with Crippen molar-refractivity contribution in [3.05, 3.63) is 76.3 Å². The van der Waals surface area contributed by atoms with Gasteiger partial charge >= 0.3 is 30.8 Å². The number of hydrogen-bond donors (Lipinski definition) is 6. The number of hydrogen-bond acceptors (Lipinski definition) is 11. The standard InChI is InChI=1S/C31H29BF2N2O13/c33-21-8-17-19(10-24(21)37)32(47)20-11-25(38)22(34)9-18(20)31(17)16-1-2-23(36(14-29(43)44)15-30(45)46)26(7-16)49-6-5-48-4-3-35(12-27(39)40)13-28(41)42/h1-2,7-11,37,47H,3-6,12-15H2,(H,39,40)(H,41,42)(H,43,44)(H,45,46). The van der Waals surface area contributed by atoms with Crippen molar-refractivity contribution < 1.29 is 72.8 Å². The number of aromatic hydroxyl groups is 1. The number of anilines is 1. The molecule has 18 heteroatoms. The molecule has 258 valence electrons.